The first-order valence-electron chi connectivity index (χ1n) is 8.35. The first kappa shape index (κ1) is 16.8. The molecule has 1 aromatic carbocycles. The van der Waals surface area contributed by atoms with Crippen molar-refractivity contribution in [3.8, 4) is 5.75 Å². The first-order chi connectivity index (χ1) is 10.7. The minimum absolute atomic E-state index is 0.166. The highest BCUT2D eigenvalue weighted by molar-refractivity contribution is 5.76. The van der Waals surface area contributed by atoms with Crippen LogP contribution in [0.2, 0.25) is 0 Å². The maximum atomic E-state index is 12.1. The number of hydrogen-bond acceptors (Lipinski definition) is 3. The van der Waals surface area contributed by atoms with Gasteiger partial charge in [0.2, 0.25) is 5.91 Å². The summed E-state index contributed by atoms with van der Waals surface area (Å²) in [6, 6.07) is 8.32. The molecule has 1 aliphatic carbocycles. The third kappa shape index (κ3) is 5.02. The minimum atomic E-state index is 0.166. The van der Waals surface area contributed by atoms with E-state index in [1.54, 1.807) is 7.11 Å². The molecule has 0 radical (unpaired) electrons. The molecule has 122 valence electrons. The van der Waals surface area contributed by atoms with Gasteiger partial charge in [0.1, 0.15) is 5.75 Å². The summed E-state index contributed by atoms with van der Waals surface area (Å²) >= 11 is 0. The van der Waals surface area contributed by atoms with Crippen LogP contribution in [0.15, 0.2) is 24.3 Å². The van der Waals surface area contributed by atoms with E-state index in [0.29, 0.717) is 18.9 Å². The van der Waals surface area contributed by atoms with Gasteiger partial charge in [-0.25, -0.2) is 0 Å². The molecule has 1 amide bonds. The quantitative estimate of drug-likeness (QED) is 0.814. The van der Waals surface area contributed by atoms with Gasteiger partial charge in [-0.2, -0.15) is 0 Å². The summed E-state index contributed by atoms with van der Waals surface area (Å²) in [4.78, 5) is 12.1. The Bertz CT molecular complexity index is 459. The molecular weight excluding hydrogens is 276 g/mol. The highest BCUT2D eigenvalue weighted by Crippen LogP contribution is 2.23. The van der Waals surface area contributed by atoms with Crippen molar-refractivity contribution in [2.45, 2.75) is 51.0 Å². The van der Waals surface area contributed by atoms with Crippen molar-refractivity contribution in [1.29, 1.82) is 0 Å². The van der Waals surface area contributed by atoms with Gasteiger partial charge in [0.15, 0.2) is 0 Å². The molecule has 4 heteroatoms. The molecule has 1 saturated carbocycles. The highest BCUT2D eigenvalue weighted by atomic mass is 16.5. The number of hydrogen-bond donors (Lipinski definition) is 2. The van der Waals surface area contributed by atoms with Crippen LogP contribution in [-0.2, 0) is 11.2 Å². The zero-order valence-electron chi connectivity index (χ0n) is 13.5. The number of aryl methyl sites for hydroxylation is 1. The number of carbonyl (C=O) groups is 1. The number of amides is 1. The number of benzene rings is 1. The number of rotatable bonds is 7. The average Bonchev–Trinajstić information content (AvgIpc) is 2.56. The van der Waals surface area contributed by atoms with E-state index < -0.39 is 0 Å². The van der Waals surface area contributed by atoms with Gasteiger partial charge in [-0.1, -0.05) is 25.0 Å². The molecule has 0 spiro atoms. The fraction of sp³-hybridized carbons (Fsp3) is 0.611. The van der Waals surface area contributed by atoms with Gasteiger partial charge >= 0.3 is 0 Å². The monoisotopic (exact) mass is 304 g/mol. The maximum absolute atomic E-state index is 12.1. The highest BCUT2D eigenvalue weighted by Gasteiger charge is 2.24. The third-order valence-electron chi connectivity index (χ3n) is 4.59. The van der Waals surface area contributed by atoms with Crippen LogP contribution in [-0.4, -0.2) is 25.6 Å². The van der Waals surface area contributed by atoms with Crippen LogP contribution in [0.3, 0.4) is 0 Å². The zero-order valence-corrected chi connectivity index (χ0v) is 13.5. The van der Waals surface area contributed by atoms with Crippen LogP contribution in [0.5, 0.6) is 5.75 Å². The van der Waals surface area contributed by atoms with Crippen LogP contribution in [0.25, 0.3) is 0 Å². The van der Waals surface area contributed by atoms with Crippen LogP contribution in [0.4, 0.5) is 0 Å². The molecule has 4 nitrogen and oxygen atoms in total. The molecule has 2 rings (SSSR count). The Morgan fingerprint density at radius 2 is 2.00 bits per heavy atom. The van der Waals surface area contributed by atoms with Gasteiger partial charge in [-0.05, 0) is 55.8 Å². The molecule has 0 aliphatic heterocycles. The lowest BCUT2D eigenvalue weighted by molar-refractivity contribution is -0.122. The summed E-state index contributed by atoms with van der Waals surface area (Å²) in [5.41, 5.74) is 7.05. The van der Waals surface area contributed by atoms with E-state index >= 15 is 0 Å². The van der Waals surface area contributed by atoms with Gasteiger partial charge < -0.3 is 15.8 Å². The number of carbonyl (C=O) groups excluding carboxylic acids is 1. The van der Waals surface area contributed by atoms with E-state index in [1.807, 2.05) is 12.1 Å². The predicted molar refractivity (Wildman–Crippen MR) is 88.9 cm³/mol. The standard InChI is InChI=1S/C18H28N2O2/c1-22-16-11-9-14(10-12-16)5-4-8-18(21)20-17-7-3-2-6-15(17)13-19/h9-12,15,17H,2-8,13,19H2,1H3,(H,20,21). The predicted octanol–water partition coefficient (Wildman–Crippen LogP) is 2.65. The van der Waals surface area contributed by atoms with Crippen molar-refractivity contribution in [3.63, 3.8) is 0 Å². The number of nitrogens with two attached hydrogens (primary N) is 1. The Labute approximate surface area is 133 Å². The molecule has 1 aromatic rings. The molecule has 22 heavy (non-hydrogen) atoms. The molecule has 0 bridgehead atoms. The van der Waals surface area contributed by atoms with Gasteiger partial charge in [0, 0.05) is 12.5 Å². The summed E-state index contributed by atoms with van der Waals surface area (Å²) in [6.07, 6.45) is 7.04. The normalized spacial score (nSPS) is 21.4. The third-order valence-corrected chi connectivity index (χ3v) is 4.59. The van der Waals surface area contributed by atoms with Crippen molar-refractivity contribution in [3.05, 3.63) is 29.8 Å². The Hall–Kier alpha value is -1.55. The first-order valence-corrected chi connectivity index (χ1v) is 8.35. The molecule has 2 unspecified atom stereocenters. The Kier molecular flexibility index (Phi) is 6.72. The summed E-state index contributed by atoms with van der Waals surface area (Å²) in [5, 5.41) is 3.19. The largest absolute Gasteiger partial charge is 0.497 e. The second kappa shape index (κ2) is 8.79. The number of methoxy groups -OCH3 is 1. The summed E-state index contributed by atoms with van der Waals surface area (Å²) in [5.74, 6) is 1.49. The molecule has 3 N–H and O–H groups in total. The summed E-state index contributed by atoms with van der Waals surface area (Å²) in [7, 11) is 1.67. The van der Waals surface area contributed by atoms with E-state index in [-0.39, 0.29) is 11.9 Å². The van der Waals surface area contributed by atoms with Crippen molar-refractivity contribution < 1.29 is 9.53 Å². The van der Waals surface area contributed by atoms with Crippen molar-refractivity contribution in [2.24, 2.45) is 11.7 Å². The van der Waals surface area contributed by atoms with Gasteiger partial charge in [0.25, 0.3) is 0 Å². The number of nitrogens with one attached hydrogen (secondary N) is 1. The average molecular weight is 304 g/mol. The second-order valence-electron chi connectivity index (χ2n) is 6.16. The van der Waals surface area contributed by atoms with Gasteiger partial charge in [0.05, 0.1) is 7.11 Å². The van der Waals surface area contributed by atoms with Crippen LogP contribution in [0, 0.1) is 5.92 Å². The molecule has 1 fully saturated rings. The summed E-state index contributed by atoms with van der Waals surface area (Å²) in [6.45, 7) is 0.677. The van der Waals surface area contributed by atoms with E-state index in [4.69, 9.17) is 10.5 Å². The minimum Gasteiger partial charge on any atom is -0.497 e. The van der Waals surface area contributed by atoms with E-state index in [1.165, 1.54) is 18.4 Å². The van der Waals surface area contributed by atoms with Gasteiger partial charge in [-0.3, -0.25) is 4.79 Å². The van der Waals surface area contributed by atoms with Crippen LogP contribution in [0.1, 0.15) is 44.1 Å². The van der Waals surface area contributed by atoms with Crippen molar-refractivity contribution >= 4 is 5.91 Å². The molecular formula is C18H28N2O2. The molecule has 1 aliphatic rings. The zero-order chi connectivity index (χ0) is 15.8. The number of ether oxygens (including phenoxy) is 1. The topological polar surface area (TPSA) is 64.3 Å². The lowest BCUT2D eigenvalue weighted by Crippen LogP contribution is -2.44. The Morgan fingerprint density at radius 3 is 2.68 bits per heavy atom. The lowest BCUT2D eigenvalue weighted by atomic mass is 9.84. The van der Waals surface area contributed by atoms with Crippen molar-refractivity contribution in [2.75, 3.05) is 13.7 Å². The lowest BCUT2D eigenvalue weighted by Gasteiger charge is -2.31. The van der Waals surface area contributed by atoms with Crippen LogP contribution < -0.4 is 15.8 Å². The van der Waals surface area contributed by atoms with Crippen LogP contribution >= 0.6 is 0 Å². The fourth-order valence-corrected chi connectivity index (χ4v) is 3.20. The molecule has 0 aromatic heterocycles. The molecule has 2 atom stereocenters. The van der Waals surface area contributed by atoms with Crippen molar-refractivity contribution in [1.82, 2.24) is 5.32 Å². The van der Waals surface area contributed by atoms with E-state index in [2.05, 4.69) is 17.4 Å². The molecule has 0 heterocycles. The second-order valence-corrected chi connectivity index (χ2v) is 6.16. The maximum Gasteiger partial charge on any atom is 0.220 e. The summed E-state index contributed by atoms with van der Waals surface area (Å²) < 4.78 is 5.14. The Morgan fingerprint density at radius 1 is 1.27 bits per heavy atom. The Balaban J connectivity index is 1.70. The SMILES string of the molecule is COc1ccc(CCCC(=O)NC2CCCCC2CN)cc1. The molecule has 0 saturated heterocycles. The van der Waals surface area contributed by atoms with E-state index in [0.717, 1.165) is 31.4 Å². The smallest absolute Gasteiger partial charge is 0.220 e. The fourth-order valence-electron chi connectivity index (χ4n) is 3.20. The van der Waals surface area contributed by atoms with Gasteiger partial charge in [-0.15, -0.1) is 0 Å². The van der Waals surface area contributed by atoms with E-state index in [9.17, 15) is 4.79 Å².